The van der Waals surface area contributed by atoms with Crippen LogP contribution in [0.25, 0.3) is 10.6 Å². The van der Waals surface area contributed by atoms with Gasteiger partial charge in [0, 0.05) is 11.5 Å². The van der Waals surface area contributed by atoms with Gasteiger partial charge in [-0.25, -0.2) is 13.7 Å². The lowest BCUT2D eigenvalue weighted by atomic mass is 9.92. The molecule has 6 nitrogen and oxygen atoms in total. The predicted molar refractivity (Wildman–Crippen MR) is 126 cm³/mol. The van der Waals surface area contributed by atoms with E-state index in [2.05, 4.69) is 21.0 Å². The third-order valence-electron chi connectivity index (χ3n) is 5.85. The lowest BCUT2D eigenvalue weighted by Gasteiger charge is -2.27. The number of hydrogen-bond acceptors (Lipinski definition) is 6. The first-order valence-corrected chi connectivity index (χ1v) is 12.5. The third kappa shape index (κ3) is 4.36. The van der Waals surface area contributed by atoms with Gasteiger partial charge in [-0.2, -0.15) is 13.2 Å². The molecule has 3 aromatic rings. The standard InChI is InChI=1S/C24H23F3N2O4S2/c1-14-22(5,15-9-7-6-8-10-15)23(14,20(30)32-21(2,3)4)29-35(31)19-12-11-17(34-19)16-13-18(33-28-16)24(25,26)27/h6-13,29H,1H2,2-5H3/t22-,23-,35?/m1/s1. The van der Waals surface area contributed by atoms with E-state index in [1.165, 1.54) is 12.1 Å². The van der Waals surface area contributed by atoms with Crippen molar-refractivity contribution in [2.24, 2.45) is 0 Å². The first-order valence-electron chi connectivity index (χ1n) is 10.5. The van der Waals surface area contributed by atoms with Crippen LogP contribution < -0.4 is 4.72 Å². The van der Waals surface area contributed by atoms with E-state index in [9.17, 15) is 22.2 Å². The Balaban J connectivity index is 1.65. The normalized spacial score (nSPS) is 23.2. The molecule has 1 aliphatic carbocycles. The summed E-state index contributed by atoms with van der Waals surface area (Å²) in [7, 11) is -1.92. The molecule has 1 fully saturated rings. The number of thiophene rings is 1. The highest BCUT2D eigenvalue weighted by atomic mass is 32.2. The molecular weight excluding hydrogens is 501 g/mol. The molecule has 1 unspecified atom stereocenters. The molecule has 0 spiro atoms. The zero-order valence-electron chi connectivity index (χ0n) is 19.4. The van der Waals surface area contributed by atoms with E-state index >= 15 is 0 Å². The second-order valence-corrected chi connectivity index (χ2v) is 11.8. The van der Waals surface area contributed by atoms with E-state index in [1.54, 1.807) is 20.8 Å². The first kappa shape index (κ1) is 25.3. The van der Waals surface area contributed by atoms with Gasteiger partial charge in [0.25, 0.3) is 0 Å². The molecule has 2 aromatic heterocycles. The smallest absolute Gasteiger partial charge is 0.452 e. The van der Waals surface area contributed by atoms with E-state index in [4.69, 9.17) is 4.74 Å². The number of aromatic nitrogens is 1. The van der Waals surface area contributed by atoms with Crippen molar-refractivity contribution in [2.75, 3.05) is 0 Å². The van der Waals surface area contributed by atoms with Crippen LogP contribution in [0.5, 0.6) is 0 Å². The molecule has 0 aliphatic heterocycles. The summed E-state index contributed by atoms with van der Waals surface area (Å²) < 4.78 is 65.2. The Bertz CT molecular complexity index is 1310. The summed E-state index contributed by atoms with van der Waals surface area (Å²) in [6.07, 6.45) is -4.66. The average Bonchev–Trinajstić information content (AvgIpc) is 3.26. The largest absolute Gasteiger partial charge is 0.458 e. The average molecular weight is 525 g/mol. The van der Waals surface area contributed by atoms with Crippen molar-refractivity contribution < 1.29 is 31.4 Å². The maximum absolute atomic E-state index is 13.4. The molecule has 3 atom stereocenters. The number of hydrogen-bond donors (Lipinski definition) is 1. The molecule has 1 aliphatic rings. The van der Waals surface area contributed by atoms with Crippen LogP contribution in [0.3, 0.4) is 0 Å². The van der Waals surface area contributed by atoms with Crippen LogP contribution in [0.15, 0.2) is 69.4 Å². The molecule has 0 radical (unpaired) electrons. The van der Waals surface area contributed by atoms with Gasteiger partial charge in [-0.3, -0.25) is 0 Å². The summed E-state index contributed by atoms with van der Waals surface area (Å²) in [5, 5.41) is 3.46. The van der Waals surface area contributed by atoms with Crippen molar-refractivity contribution in [3.05, 3.63) is 72.0 Å². The van der Waals surface area contributed by atoms with Crippen molar-refractivity contribution in [1.82, 2.24) is 9.88 Å². The topological polar surface area (TPSA) is 81.4 Å². The number of ether oxygens (including phenoxy) is 1. The summed E-state index contributed by atoms with van der Waals surface area (Å²) >= 11 is 0.974. The molecule has 1 aromatic carbocycles. The van der Waals surface area contributed by atoms with Gasteiger partial charge in [0.2, 0.25) is 5.76 Å². The number of halogens is 3. The zero-order valence-corrected chi connectivity index (χ0v) is 21.0. The first-order chi connectivity index (χ1) is 16.2. The summed E-state index contributed by atoms with van der Waals surface area (Å²) in [6.45, 7) is 11.1. The second-order valence-electron chi connectivity index (χ2n) is 9.29. The van der Waals surface area contributed by atoms with Gasteiger partial charge in [0.1, 0.15) is 26.5 Å². The van der Waals surface area contributed by atoms with Crippen LogP contribution in [0, 0.1) is 0 Å². The molecule has 0 saturated heterocycles. The number of alkyl halides is 3. The summed E-state index contributed by atoms with van der Waals surface area (Å²) in [5.41, 5.74) is -1.88. The minimum absolute atomic E-state index is 0.0302. The zero-order chi connectivity index (χ0) is 25.8. The number of nitrogens with one attached hydrogen (secondary N) is 1. The maximum Gasteiger partial charge on any atom is 0.452 e. The molecule has 186 valence electrons. The Morgan fingerprint density at radius 2 is 1.83 bits per heavy atom. The van der Waals surface area contributed by atoms with Crippen molar-refractivity contribution in [3.8, 4) is 10.6 Å². The maximum atomic E-state index is 13.4. The van der Waals surface area contributed by atoms with Gasteiger partial charge in [-0.1, -0.05) is 42.1 Å². The lowest BCUT2D eigenvalue weighted by molar-refractivity contribution is -0.158. The van der Waals surface area contributed by atoms with Crippen LogP contribution in [0.2, 0.25) is 0 Å². The Morgan fingerprint density at radius 1 is 1.17 bits per heavy atom. The summed E-state index contributed by atoms with van der Waals surface area (Å²) in [6, 6.07) is 13.0. The monoisotopic (exact) mass is 524 g/mol. The minimum Gasteiger partial charge on any atom is -0.458 e. The Morgan fingerprint density at radius 3 is 2.40 bits per heavy atom. The van der Waals surface area contributed by atoms with E-state index in [-0.39, 0.29) is 9.90 Å². The van der Waals surface area contributed by atoms with Gasteiger partial charge < -0.3 is 9.26 Å². The van der Waals surface area contributed by atoms with Crippen LogP contribution in [0.1, 0.15) is 39.0 Å². The second kappa shape index (κ2) is 8.42. The molecule has 4 rings (SSSR count). The fraction of sp³-hybridized carbons (Fsp3) is 0.333. The predicted octanol–water partition coefficient (Wildman–Crippen LogP) is 5.64. The highest BCUT2D eigenvalue weighted by Crippen LogP contribution is 2.63. The highest BCUT2D eigenvalue weighted by Gasteiger charge is 2.76. The van der Waals surface area contributed by atoms with Crippen LogP contribution in [0.4, 0.5) is 13.2 Å². The van der Waals surface area contributed by atoms with Gasteiger partial charge in [0.15, 0.2) is 5.54 Å². The Kier molecular flexibility index (Phi) is 6.10. The SMILES string of the molecule is C=C1[C@@](NS(=O)c2ccc(-c3cc(C(F)(F)F)on3)s2)(C(=O)OC(C)(C)C)[C@@]1(C)c1ccccc1. The minimum atomic E-state index is -4.66. The number of nitrogens with zero attached hydrogens (tertiary/aromatic N) is 1. The molecule has 0 amide bonds. The molecule has 0 bridgehead atoms. The number of benzene rings is 1. The van der Waals surface area contributed by atoms with Crippen molar-refractivity contribution >= 4 is 28.3 Å². The molecule has 1 saturated carbocycles. The molecule has 1 N–H and O–H groups in total. The molecule has 11 heteroatoms. The van der Waals surface area contributed by atoms with Gasteiger partial charge in [-0.05, 0) is 51.0 Å². The third-order valence-corrected chi connectivity index (χ3v) is 8.45. The lowest BCUT2D eigenvalue weighted by Crippen LogP contribution is -2.49. The van der Waals surface area contributed by atoms with E-state index < -0.39 is 45.4 Å². The van der Waals surface area contributed by atoms with Gasteiger partial charge in [0.05, 0.1) is 4.88 Å². The number of carbonyl (C=O) groups excluding carboxylic acids is 1. The highest BCUT2D eigenvalue weighted by molar-refractivity contribution is 7.85. The van der Waals surface area contributed by atoms with Crippen molar-refractivity contribution in [3.63, 3.8) is 0 Å². The number of esters is 1. The quantitative estimate of drug-likeness (QED) is 0.333. The van der Waals surface area contributed by atoms with Crippen molar-refractivity contribution in [2.45, 2.75) is 54.6 Å². The van der Waals surface area contributed by atoms with E-state index in [0.29, 0.717) is 10.5 Å². The van der Waals surface area contributed by atoms with Crippen LogP contribution in [-0.4, -0.2) is 26.5 Å². The molecule has 35 heavy (non-hydrogen) atoms. The fourth-order valence-corrected chi connectivity index (χ4v) is 6.30. The summed E-state index contributed by atoms with van der Waals surface area (Å²) in [5.74, 6) is -1.84. The van der Waals surface area contributed by atoms with E-state index in [0.717, 1.165) is 23.0 Å². The fourth-order valence-electron chi connectivity index (χ4n) is 3.93. The number of rotatable bonds is 6. The van der Waals surface area contributed by atoms with Crippen molar-refractivity contribution in [1.29, 1.82) is 0 Å². The van der Waals surface area contributed by atoms with E-state index in [1.807, 2.05) is 37.3 Å². The Labute approximate surface area is 206 Å². The molecular formula is C24H23F3N2O4S2. The summed E-state index contributed by atoms with van der Waals surface area (Å²) in [4.78, 5) is 13.8. The Hall–Kier alpha value is -2.76. The number of carbonyl (C=O) groups is 1. The van der Waals surface area contributed by atoms with Gasteiger partial charge in [-0.15, -0.1) is 11.3 Å². The van der Waals surface area contributed by atoms with Gasteiger partial charge >= 0.3 is 12.1 Å². The van der Waals surface area contributed by atoms with Crippen LogP contribution >= 0.6 is 11.3 Å². The van der Waals surface area contributed by atoms with Crippen LogP contribution in [-0.2, 0) is 32.1 Å². The molecule has 2 heterocycles.